The van der Waals surface area contributed by atoms with Gasteiger partial charge in [-0.15, -0.1) is 0 Å². The van der Waals surface area contributed by atoms with Crippen LogP contribution in [0.1, 0.15) is 29.3 Å². The number of carbonyl (C=O) groups excluding carboxylic acids is 2. The molecule has 6 heteroatoms. The summed E-state index contributed by atoms with van der Waals surface area (Å²) in [7, 11) is 0. The second-order valence-electron chi connectivity index (χ2n) is 5.88. The van der Waals surface area contributed by atoms with Crippen LogP contribution < -0.4 is 10.6 Å². The zero-order chi connectivity index (χ0) is 18.8. The van der Waals surface area contributed by atoms with Crippen LogP contribution in [-0.2, 0) is 11.2 Å². The fourth-order valence-corrected chi connectivity index (χ4v) is 2.52. The van der Waals surface area contributed by atoms with E-state index in [1.807, 2.05) is 37.3 Å². The van der Waals surface area contributed by atoms with Crippen molar-refractivity contribution in [3.05, 3.63) is 70.7 Å². The average molecular weight is 375 g/mol. The SMILES string of the molecule is CCCOC(=O)NC(CNC(=O)c1ccc(Cl)cc1)Cc1ccccc1. The first-order chi connectivity index (χ1) is 12.6. The van der Waals surface area contributed by atoms with Crippen LogP contribution in [0.4, 0.5) is 4.79 Å². The number of alkyl carbamates (subject to hydrolysis) is 1. The maximum atomic E-state index is 12.3. The largest absolute Gasteiger partial charge is 0.450 e. The van der Waals surface area contributed by atoms with Gasteiger partial charge >= 0.3 is 6.09 Å². The average Bonchev–Trinajstić information content (AvgIpc) is 2.65. The summed E-state index contributed by atoms with van der Waals surface area (Å²) in [5, 5.41) is 6.24. The Morgan fingerprint density at radius 2 is 1.77 bits per heavy atom. The molecule has 138 valence electrons. The molecule has 0 aliphatic carbocycles. The van der Waals surface area contributed by atoms with E-state index in [1.54, 1.807) is 24.3 Å². The third-order valence-electron chi connectivity index (χ3n) is 3.70. The fraction of sp³-hybridized carbons (Fsp3) is 0.300. The lowest BCUT2D eigenvalue weighted by atomic mass is 10.1. The van der Waals surface area contributed by atoms with Crippen LogP contribution in [-0.4, -0.2) is 31.2 Å². The highest BCUT2D eigenvalue weighted by atomic mass is 35.5. The Hall–Kier alpha value is -2.53. The molecule has 0 saturated carbocycles. The molecule has 2 N–H and O–H groups in total. The highest BCUT2D eigenvalue weighted by Crippen LogP contribution is 2.09. The minimum Gasteiger partial charge on any atom is -0.450 e. The number of hydrogen-bond acceptors (Lipinski definition) is 3. The summed E-state index contributed by atoms with van der Waals surface area (Å²) in [5.41, 5.74) is 1.58. The highest BCUT2D eigenvalue weighted by molar-refractivity contribution is 6.30. The van der Waals surface area contributed by atoms with Crippen molar-refractivity contribution in [2.45, 2.75) is 25.8 Å². The van der Waals surface area contributed by atoms with Crippen LogP contribution in [0.3, 0.4) is 0 Å². The van der Waals surface area contributed by atoms with Crippen LogP contribution in [0.5, 0.6) is 0 Å². The molecule has 0 aliphatic heterocycles. The molecule has 5 nitrogen and oxygen atoms in total. The Kier molecular flexibility index (Phi) is 7.96. The highest BCUT2D eigenvalue weighted by Gasteiger charge is 2.16. The van der Waals surface area contributed by atoms with Gasteiger partial charge < -0.3 is 15.4 Å². The molecule has 2 rings (SSSR count). The van der Waals surface area contributed by atoms with Gasteiger partial charge in [0.15, 0.2) is 0 Å². The van der Waals surface area contributed by atoms with Crippen LogP contribution in [0, 0.1) is 0 Å². The van der Waals surface area contributed by atoms with Crippen molar-refractivity contribution in [1.82, 2.24) is 10.6 Å². The second kappa shape index (κ2) is 10.5. The van der Waals surface area contributed by atoms with Gasteiger partial charge in [0.1, 0.15) is 0 Å². The van der Waals surface area contributed by atoms with Gasteiger partial charge in [0.25, 0.3) is 5.91 Å². The monoisotopic (exact) mass is 374 g/mol. The van der Waals surface area contributed by atoms with Gasteiger partial charge in [-0.1, -0.05) is 48.9 Å². The molecule has 2 amide bonds. The number of rotatable bonds is 8. The minimum absolute atomic E-state index is 0.219. The number of nitrogens with one attached hydrogen (secondary N) is 2. The summed E-state index contributed by atoms with van der Waals surface area (Å²) in [6.07, 6.45) is 0.862. The normalized spacial score (nSPS) is 11.5. The number of halogens is 1. The van der Waals surface area contributed by atoms with E-state index in [0.29, 0.717) is 23.6 Å². The van der Waals surface area contributed by atoms with Gasteiger partial charge in [-0.05, 0) is 42.7 Å². The summed E-state index contributed by atoms with van der Waals surface area (Å²) < 4.78 is 5.09. The third-order valence-corrected chi connectivity index (χ3v) is 3.95. The molecular formula is C20H23ClN2O3. The van der Waals surface area contributed by atoms with Crippen LogP contribution in [0.15, 0.2) is 54.6 Å². The molecule has 0 aliphatic rings. The zero-order valence-corrected chi connectivity index (χ0v) is 15.5. The standard InChI is InChI=1S/C20H23ClN2O3/c1-2-12-26-20(25)23-18(13-15-6-4-3-5-7-15)14-22-19(24)16-8-10-17(21)11-9-16/h3-11,18H,2,12-14H2,1H3,(H,22,24)(H,23,25). The quantitative estimate of drug-likeness (QED) is 0.738. The lowest BCUT2D eigenvalue weighted by Gasteiger charge is -2.19. The van der Waals surface area contributed by atoms with E-state index < -0.39 is 6.09 Å². The molecule has 0 bridgehead atoms. The van der Waals surface area contributed by atoms with Crippen molar-refractivity contribution in [2.24, 2.45) is 0 Å². The van der Waals surface area contributed by atoms with Gasteiger partial charge in [0.2, 0.25) is 0 Å². The number of hydrogen-bond donors (Lipinski definition) is 2. The zero-order valence-electron chi connectivity index (χ0n) is 14.7. The van der Waals surface area contributed by atoms with Gasteiger partial charge in [0.05, 0.1) is 12.6 Å². The van der Waals surface area contributed by atoms with E-state index in [1.165, 1.54) is 0 Å². The van der Waals surface area contributed by atoms with Crippen molar-refractivity contribution < 1.29 is 14.3 Å². The molecule has 0 saturated heterocycles. The maximum absolute atomic E-state index is 12.3. The number of carbonyl (C=O) groups is 2. The number of amides is 2. The molecular weight excluding hydrogens is 352 g/mol. The number of ether oxygens (including phenoxy) is 1. The first-order valence-corrected chi connectivity index (χ1v) is 8.97. The van der Waals surface area contributed by atoms with E-state index in [9.17, 15) is 9.59 Å². The minimum atomic E-state index is -0.478. The van der Waals surface area contributed by atoms with Crippen molar-refractivity contribution in [2.75, 3.05) is 13.2 Å². The van der Waals surface area contributed by atoms with E-state index in [2.05, 4.69) is 10.6 Å². The molecule has 0 heterocycles. The molecule has 1 unspecified atom stereocenters. The van der Waals surface area contributed by atoms with Crippen LogP contribution in [0.2, 0.25) is 5.02 Å². The molecule has 2 aromatic carbocycles. The Balaban J connectivity index is 1.96. The summed E-state index contributed by atoms with van der Waals surface area (Å²) in [5.74, 6) is -0.219. The molecule has 0 aromatic heterocycles. The van der Waals surface area contributed by atoms with E-state index >= 15 is 0 Å². The maximum Gasteiger partial charge on any atom is 0.407 e. The van der Waals surface area contributed by atoms with Crippen molar-refractivity contribution in [3.63, 3.8) is 0 Å². The molecule has 2 aromatic rings. The molecule has 0 radical (unpaired) electrons. The predicted octanol–water partition coefficient (Wildman–Crippen LogP) is 3.82. The summed E-state index contributed by atoms with van der Waals surface area (Å²) >= 11 is 5.84. The summed E-state index contributed by atoms with van der Waals surface area (Å²) in [6.45, 7) is 2.58. The Morgan fingerprint density at radius 1 is 1.08 bits per heavy atom. The molecule has 0 spiro atoms. The van der Waals surface area contributed by atoms with Gasteiger partial charge in [-0.3, -0.25) is 4.79 Å². The van der Waals surface area contributed by atoms with Crippen LogP contribution >= 0.6 is 11.6 Å². The van der Waals surface area contributed by atoms with Crippen LogP contribution in [0.25, 0.3) is 0 Å². The van der Waals surface area contributed by atoms with Gasteiger partial charge in [0, 0.05) is 17.1 Å². The fourth-order valence-electron chi connectivity index (χ4n) is 2.40. The second-order valence-corrected chi connectivity index (χ2v) is 6.32. The van der Waals surface area contributed by atoms with Crippen molar-refractivity contribution in [1.29, 1.82) is 0 Å². The first kappa shape index (κ1) is 19.8. The Morgan fingerprint density at radius 3 is 2.42 bits per heavy atom. The van der Waals surface area contributed by atoms with E-state index in [-0.39, 0.29) is 18.5 Å². The van der Waals surface area contributed by atoms with Crippen molar-refractivity contribution >= 4 is 23.6 Å². The number of benzene rings is 2. The van der Waals surface area contributed by atoms with Crippen molar-refractivity contribution in [3.8, 4) is 0 Å². The first-order valence-electron chi connectivity index (χ1n) is 8.59. The molecule has 0 fully saturated rings. The summed E-state index contributed by atoms with van der Waals surface area (Å²) in [6, 6.07) is 16.1. The summed E-state index contributed by atoms with van der Waals surface area (Å²) in [4.78, 5) is 24.2. The molecule has 1 atom stereocenters. The Labute approximate surface area is 158 Å². The Bertz CT molecular complexity index is 705. The lowest BCUT2D eigenvalue weighted by Crippen LogP contribution is -2.45. The van der Waals surface area contributed by atoms with E-state index in [4.69, 9.17) is 16.3 Å². The van der Waals surface area contributed by atoms with Gasteiger partial charge in [-0.2, -0.15) is 0 Å². The smallest absolute Gasteiger partial charge is 0.407 e. The third kappa shape index (κ3) is 6.76. The topological polar surface area (TPSA) is 67.4 Å². The lowest BCUT2D eigenvalue weighted by molar-refractivity contribution is 0.0946. The molecule has 26 heavy (non-hydrogen) atoms. The van der Waals surface area contributed by atoms with E-state index in [0.717, 1.165) is 12.0 Å². The van der Waals surface area contributed by atoms with Gasteiger partial charge in [-0.25, -0.2) is 4.79 Å². The predicted molar refractivity (Wildman–Crippen MR) is 102 cm³/mol.